The normalized spacial score (nSPS) is 23.0. The van der Waals surface area contributed by atoms with Crippen molar-refractivity contribution in [3.8, 4) is 0 Å². The van der Waals surface area contributed by atoms with Crippen LogP contribution < -0.4 is 5.73 Å². The zero-order valence-electron chi connectivity index (χ0n) is 11.0. The van der Waals surface area contributed by atoms with Crippen LogP contribution in [0.3, 0.4) is 0 Å². The van der Waals surface area contributed by atoms with Crippen molar-refractivity contribution in [2.45, 2.75) is 18.6 Å². The molecule has 0 aromatic carbocycles. The first-order valence-corrected chi connectivity index (χ1v) is 7.63. The summed E-state index contributed by atoms with van der Waals surface area (Å²) in [7, 11) is -0.458. The van der Waals surface area contributed by atoms with E-state index in [4.69, 9.17) is 26.4 Å². The fourth-order valence-corrected chi connectivity index (χ4v) is 2.93. The number of nitrogen functional groups attached to an aromatic ring is 1. The third kappa shape index (κ3) is 2.86. The predicted molar refractivity (Wildman–Crippen MR) is 78.6 cm³/mol. The SMILES string of the molecule is COP(O)O[C@@H]1C=C[C@H](n2cnc3c(Cl)nc(N)nc32)C1. The van der Waals surface area contributed by atoms with Crippen molar-refractivity contribution in [2.75, 3.05) is 12.8 Å². The zero-order chi connectivity index (χ0) is 15.0. The van der Waals surface area contributed by atoms with Crippen molar-refractivity contribution in [3.05, 3.63) is 23.6 Å². The molecule has 1 aliphatic carbocycles. The first-order valence-electron chi connectivity index (χ1n) is 6.12. The Labute approximate surface area is 126 Å². The van der Waals surface area contributed by atoms with E-state index in [-0.39, 0.29) is 23.2 Å². The van der Waals surface area contributed by atoms with Gasteiger partial charge in [0.2, 0.25) is 5.95 Å². The van der Waals surface area contributed by atoms with Crippen LogP contribution in [0, 0.1) is 0 Å². The summed E-state index contributed by atoms with van der Waals surface area (Å²) in [5.41, 5.74) is 6.70. The Hall–Kier alpha value is -1.31. The van der Waals surface area contributed by atoms with E-state index >= 15 is 0 Å². The maximum Gasteiger partial charge on any atom is 0.330 e. The highest BCUT2D eigenvalue weighted by Gasteiger charge is 2.25. The number of anilines is 1. The molecule has 1 unspecified atom stereocenters. The molecule has 0 amide bonds. The smallest absolute Gasteiger partial charge is 0.330 e. The lowest BCUT2D eigenvalue weighted by Crippen LogP contribution is -2.10. The molecule has 2 aromatic heterocycles. The molecular formula is C11H13ClN5O3P. The van der Waals surface area contributed by atoms with Crippen LogP contribution in [0.4, 0.5) is 5.95 Å². The molecule has 0 aliphatic heterocycles. The Kier molecular flexibility index (Phi) is 4.05. The third-order valence-corrected chi connectivity index (χ3v) is 4.18. The first kappa shape index (κ1) is 14.6. The zero-order valence-corrected chi connectivity index (χ0v) is 12.7. The number of rotatable bonds is 4. The fraction of sp³-hybridized carbons (Fsp3) is 0.364. The summed E-state index contributed by atoms with van der Waals surface area (Å²) in [5, 5.41) is 0.226. The predicted octanol–water partition coefficient (Wildman–Crippen LogP) is 1.81. The average molecular weight is 330 g/mol. The van der Waals surface area contributed by atoms with E-state index in [1.807, 2.05) is 16.7 Å². The highest BCUT2D eigenvalue weighted by Crippen LogP contribution is 2.38. The average Bonchev–Trinajstić information content (AvgIpc) is 3.04. The Morgan fingerprint density at radius 1 is 1.48 bits per heavy atom. The van der Waals surface area contributed by atoms with Crippen molar-refractivity contribution in [1.82, 2.24) is 19.5 Å². The van der Waals surface area contributed by atoms with Crippen LogP contribution in [-0.4, -0.2) is 37.6 Å². The van der Waals surface area contributed by atoms with E-state index in [2.05, 4.69) is 15.0 Å². The van der Waals surface area contributed by atoms with Crippen LogP contribution in [-0.2, 0) is 9.05 Å². The van der Waals surface area contributed by atoms with Crippen LogP contribution in [0.15, 0.2) is 18.5 Å². The van der Waals surface area contributed by atoms with Gasteiger partial charge in [-0.3, -0.25) is 0 Å². The van der Waals surface area contributed by atoms with Gasteiger partial charge in [0.25, 0.3) is 0 Å². The molecule has 3 atom stereocenters. The van der Waals surface area contributed by atoms with Gasteiger partial charge in [0, 0.05) is 13.5 Å². The number of hydrogen-bond acceptors (Lipinski definition) is 7. The molecule has 0 fully saturated rings. The number of imidazole rings is 1. The van der Waals surface area contributed by atoms with Crippen LogP contribution >= 0.6 is 20.2 Å². The molecule has 0 radical (unpaired) electrons. The minimum Gasteiger partial charge on any atom is -0.368 e. The van der Waals surface area contributed by atoms with Crippen LogP contribution in [0.2, 0.25) is 5.15 Å². The molecular weight excluding hydrogens is 317 g/mol. The highest BCUT2D eigenvalue weighted by atomic mass is 35.5. The van der Waals surface area contributed by atoms with E-state index in [1.54, 1.807) is 6.33 Å². The lowest BCUT2D eigenvalue weighted by molar-refractivity contribution is 0.182. The number of hydrogen-bond donors (Lipinski definition) is 2. The van der Waals surface area contributed by atoms with Crippen molar-refractivity contribution in [2.24, 2.45) is 0 Å². The molecule has 0 saturated carbocycles. The monoisotopic (exact) mass is 329 g/mol. The van der Waals surface area contributed by atoms with E-state index in [9.17, 15) is 4.89 Å². The summed E-state index contributed by atoms with van der Waals surface area (Å²) in [6, 6.07) is -0.00868. The van der Waals surface area contributed by atoms with Gasteiger partial charge in [-0.2, -0.15) is 9.97 Å². The first-order chi connectivity index (χ1) is 10.1. The molecule has 10 heteroatoms. The molecule has 2 heterocycles. The van der Waals surface area contributed by atoms with Crippen molar-refractivity contribution in [3.63, 3.8) is 0 Å². The van der Waals surface area contributed by atoms with Gasteiger partial charge < -0.3 is 24.2 Å². The third-order valence-electron chi connectivity index (χ3n) is 3.16. The maximum absolute atomic E-state index is 9.39. The number of allylic oxidation sites excluding steroid dienone is 1. The summed E-state index contributed by atoms with van der Waals surface area (Å²) >= 11 is 6.00. The second-order valence-corrected chi connectivity index (χ2v) is 5.86. The Bertz CT molecular complexity index is 694. The second kappa shape index (κ2) is 5.82. The van der Waals surface area contributed by atoms with Crippen molar-refractivity contribution in [1.29, 1.82) is 0 Å². The largest absolute Gasteiger partial charge is 0.368 e. The number of nitrogens with two attached hydrogens (primary N) is 1. The minimum atomic E-state index is -1.85. The number of nitrogens with zero attached hydrogens (tertiary/aromatic N) is 4. The van der Waals surface area contributed by atoms with Gasteiger partial charge in [-0.25, -0.2) is 4.98 Å². The van der Waals surface area contributed by atoms with Gasteiger partial charge in [-0.15, -0.1) is 0 Å². The minimum absolute atomic E-state index is 0.00868. The summed E-state index contributed by atoms with van der Waals surface area (Å²) in [6.45, 7) is 0. The lowest BCUT2D eigenvalue weighted by Gasteiger charge is -2.15. The van der Waals surface area contributed by atoms with E-state index in [0.29, 0.717) is 17.6 Å². The Morgan fingerprint density at radius 3 is 3.05 bits per heavy atom. The van der Waals surface area contributed by atoms with Crippen LogP contribution in [0.25, 0.3) is 11.2 Å². The fourth-order valence-electron chi connectivity index (χ4n) is 2.23. The van der Waals surface area contributed by atoms with E-state index < -0.39 is 8.60 Å². The summed E-state index contributed by atoms with van der Waals surface area (Å²) in [6.07, 6.45) is 5.87. The lowest BCUT2D eigenvalue weighted by atomic mass is 10.2. The molecule has 3 N–H and O–H groups in total. The second-order valence-electron chi connectivity index (χ2n) is 4.45. The Morgan fingerprint density at radius 2 is 2.29 bits per heavy atom. The summed E-state index contributed by atoms with van der Waals surface area (Å²) in [5.74, 6) is 0.0993. The number of fused-ring (bicyclic) bond motifs is 1. The summed E-state index contributed by atoms with van der Waals surface area (Å²) < 4.78 is 11.9. The molecule has 3 rings (SSSR count). The summed E-state index contributed by atoms with van der Waals surface area (Å²) in [4.78, 5) is 21.7. The maximum atomic E-state index is 9.39. The molecule has 21 heavy (non-hydrogen) atoms. The van der Waals surface area contributed by atoms with Gasteiger partial charge in [-0.05, 0) is 0 Å². The van der Waals surface area contributed by atoms with Gasteiger partial charge in [0.15, 0.2) is 10.8 Å². The van der Waals surface area contributed by atoms with E-state index in [1.165, 1.54) is 7.11 Å². The Balaban J connectivity index is 1.85. The van der Waals surface area contributed by atoms with Gasteiger partial charge in [-0.1, -0.05) is 23.8 Å². The molecule has 1 aliphatic rings. The van der Waals surface area contributed by atoms with Crippen molar-refractivity contribution >= 4 is 37.3 Å². The topological polar surface area (TPSA) is 108 Å². The van der Waals surface area contributed by atoms with Gasteiger partial charge >= 0.3 is 8.60 Å². The molecule has 8 nitrogen and oxygen atoms in total. The molecule has 2 aromatic rings. The number of halogens is 1. The van der Waals surface area contributed by atoms with Crippen molar-refractivity contribution < 1.29 is 13.9 Å². The standard InChI is InChI=1S/C11H13ClN5O3P/c1-19-21(18)20-7-3-2-6(4-7)17-5-14-8-9(12)15-11(13)16-10(8)17/h2-3,5-7,18H,4H2,1H3,(H2,13,15,16)/t6-,7+,21?/m0/s1. The quantitative estimate of drug-likeness (QED) is 0.500. The molecule has 0 spiro atoms. The van der Waals surface area contributed by atoms with Gasteiger partial charge in [0.05, 0.1) is 18.5 Å². The molecule has 0 bridgehead atoms. The highest BCUT2D eigenvalue weighted by molar-refractivity contribution is 7.40. The number of aromatic nitrogens is 4. The molecule has 0 saturated heterocycles. The van der Waals surface area contributed by atoms with E-state index in [0.717, 1.165) is 0 Å². The molecule has 112 valence electrons. The van der Waals surface area contributed by atoms with Gasteiger partial charge in [0.1, 0.15) is 5.52 Å². The van der Waals surface area contributed by atoms with Crippen LogP contribution in [0.5, 0.6) is 0 Å². The van der Waals surface area contributed by atoms with Crippen LogP contribution in [0.1, 0.15) is 12.5 Å².